The van der Waals surface area contributed by atoms with E-state index >= 15 is 0 Å². The molecule has 4 heteroatoms. The van der Waals surface area contributed by atoms with Crippen LogP contribution in [0.25, 0.3) is 0 Å². The Bertz CT molecular complexity index is 725. The SMILES string of the molecule is Cc1ccc(C)c(C(=O)NCC(C)(C(=O)O)c2ccccc2)c1. The van der Waals surface area contributed by atoms with E-state index in [2.05, 4.69) is 5.32 Å². The molecule has 23 heavy (non-hydrogen) atoms. The van der Waals surface area contributed by atoms with Crippen LogP contribution in [-0.4, -0.2) is 23.5 Å². The van der Waals surface area contributed by atoms with Gasteiger partial charge in [0, 0.05) is 12.1 Å². The second-order valence-electron chi connectivity index (χ2n) is 6.00. The Labute approximate surface area is 136 Å². The summed E-state index contributed by atoms with van der Waals surface area (Å²) in [6.07, 6.45) is 0. The Morgan fingerprint density at radius 3 is 2.35 bits per heavy atom. The van der Waals surface area contributed by atoms with E-state index in [1.807, 2.05) is 38.1 Å². The molecule has 1 unspecified atom stereocenters. The minimum absolute atomic E-state index is 0.0264. The molecule has 2 aromatic carbocycles. The predicted molar refractivity (Wildman–Crippen MR) is 89.7 cm³/mol. The second kappa shape index (κ2) is 6.65. The molecular formula is C19H21NO3. The average molecular weight is 311 g/mol. The number of rotatable bonds is 5. The summed E-state index contributed by atoms with van der Waals surface area (Å²) < 4.78 is 0. The van der Waals surface area contributed by atoms with Crippen LogP contribution in [0.1, 0.15) is 34.0 Å². The molecule has 120 valence electrons. The van der Waals surface area contributed by atoms with E-state index in [0.717, 1.165) is 11.1 Å². The second-order valence-corrected chi connectivity index (χ2v) is 6.00. The molecule has 0 heterocycles. The first-order chi connectivity index (χ1) is 10.8. The average Bonchev–Trinajstić information content (AvgIpc) is 2.55. The normalized spacial score (nSPS) is 13.2. The van der Waals surface area contributed by atoms with Crippen molar-refractivity contribution in [1.82, 2.24) is 5.32 Å². The van der Waals surface area contributed by atoms with E-state index in [1.165, 1.54) is 0 Å². The van der Waals surface area contributed by atoms with Crippen molar-refractivity contribution in [1.29, 1.82) is 0 Å². The molecule has 2 N–H and O–H groups in total. The lowest BCUT2D eigenvalue weighted by molar-refractivity contribution is -0.142. The fourth-order valence-electron chi connectivity index (χ4n) is 2.44. The van der Waals surface area contributed by atoms with Crippen LogP contribution < -0.4 is 5.32 Å². The van der Waals surface area contributed by atoms with Gasteiger partial charge in [0.1, 0.15) is 5.41 Å². The van der Waals surface area contributed by atoms with Gasteiger partial charge in [0.15, 0.2) is 0 Å². The lowest BCUT2D eigenvalue weighted by atomic mass is 9.82. The standard InChI is InChI=1S/C19H21NO3/c1-13-9-10-14(2)16(11-13)17(21)20-12-19(3,18(22)23)15-7-5-4-6-8-15/h4-11H,12H2,1-3H3,(H,20,21)(H,22,23). The summed E-state index contributed by atoms with van der Waals surface area (Å²) in [6.45, 7) is 5.43. The number of benzene rings is 2. The highest BCUT2D eigenvalue weighted by Gasteiger charge is 2.35. The third-order valence-electron chi connectivity index (χ3n) is 4.12. The summed E-state index contributed by atoms with van der Waals surface area (Å²) in [5.41, 5.74) is 1.92. The molecule has 2 aromatic rings. The largest absolute Gasteiger partial charge is 0.481 e. The van der Waals surface area contributed by atoms with Crippen LogP contribution in [0.15, 0.2) is 48.5 Å². The highest BCUT2D eigenvalue weighted by molar-refractivity contribution is 5.96. The fraction of sp³-hybridized carbons (Fsp3) is 0.263. The molecule has 0 bridgehead atoms. The molecular weight excluding hydrogens is 290 g/mol. The van der Waals surface area contributed by atoms with Crippen molar-refractivity contribution in [3.8, 4) is 0 Å². The Morgan fingerprint density at radius 2 is 1.74 bits per heavy atom. The Hall–Kier alpha value is -2.62. The molecule has 1 amide bonds. The van der Waals surface area contributed by atoms with Crippen molar-refractivity contribution < 1.29 is 14.7 Å². The Kier molecular flexibility index (Phi) is 4.84. The summed E-state index contributed by atoms with van der Waals surface area (Å²) >= 11 is 0. The van der Waals surface area contributed by atoms with Gasteiger partial charge in [0.25, 0.3) is 5.91 Å². The van der Waals surface area contributed by atoms with Crippen LogP contribution >= 0.6 is 0 Å². The lowest BCUT2D eigenvalue weighted by Gasteiger charge is -2.26. The Morgan fingerprint density at radius 1 is 1.09 bits per heavy atom. The van der Waals surface area contributed by atoms with E-state index in [-0.39, 0.29) is 12.5 Å². The minimum atomic E-state index is -1.17. The number of carbonyl (C=O) groups is 2. The molecule has 0 saturated heterocycles. The van der Waals surface area contributed by atoms with Gasteiger partial charge in [0.2, 0.25) is 0 Å². The molecule has 0 saturated carbocycles. The fourth-order valence-corrected chi connectivity index (χ4v) is 2.44. The van der Waals surface area contributed by atoms with Crippen LogP contribution in [0.3, 0.4) is 0 Å². The molecule has 0 aromatic heterocycles. The molecule has 2 rings (SSSR count). The van der Waals surface area contributed by atoms with Gasteiger partial charge >= 0.3 is 5.97 Å². The van der Waals surface area contributed by atoms with E-state index in [4.69, 9.17) is 0 Å². The van der Waals surface area contributed by atoms with Gasteiger partial charge < -0.3 is 10.4 Å². The van der Waals surface area contributed by atoms with E-state index in [9.17, 15) is 14.7 Å². The zero-order chi connectivity index (χ0) is 17.0. The van der Waals surface area contributed by atoms with Crippen molar-refractivity contribution in [2.75, 3.05) is 6.54 Å². The van der Waals surface area contributed by atoms with E-state index in [1.54, 1.807) is 31.2 Å². The maximum atomic E-state index is 12.4. The maximum absolute atomic E-state index is 12.4. The summed E-state index contributed by atoms with van der Waals surface area (Å²) in [4.78, 5) is 24.2. The number of nitrogens with one attached hydrogen (secondary N) is 1. The number of aliphatic carboxylic acids is 1. The van der Waals surface area contributed by atoms with Crippen molar-refractivity contribution in [2.45, 2.75) is 26.2 Å². The first-order valence-corrected chi connectivity index (χ1v) is 7.49. The van der Waals surface area contributed by atoms with Crippen molar-refractivity contribution in [3.05, 3.63) is 70.8 Å². The molecule has 0 aliphatic rings. The highest BCUT2D eigenvalue weighted by atomic mass is 16.4. The van der Waals surface area contributed by atoms with E-state index in [0.29, 0.717) is 11.1 Å². The number of carboxylic acids is 1. The number of aryl methyl sites for hydroxylation is 2. The van der Waals surface area contributed by atoms with Gasteiger partial charge in [-0.05, 0) is 38.0 Å². The number of amides is 1. The number of hydrogen-bond donors (Lipinski definition) is 2. The van der Waals surface area contributed by atoms with Crippen LogP contribution in [-0.2, 0) is 10.2 Å². The first kappa shape index (κ1) is 16.7. The van der Waals surface area contributed by atoms with Crippen LogP contribution in [0.4, 0.5) is 0 Å². The number of hydrogen-bond acceptors (Lipinski definition) is 2. The summed E-state index contributed by atoms with van der Waals surface area (Å²) in [5, 5.41) is 12.4. The Balaban J connectivity index is 2.21. The summed E-state index contributed by atoms with van der Waals surface area (Å²) in [5.74, 6) is -1.22. The zero-order valence-corrected chi connectivity index (χ0v) is 13.6. The molecule has 0 aliphatic carbocycles. The lowest BCUT2D eigenvalue weighted by Crippen LogP contribution is -2.44. The zero-order valence-electron chi connectivity index (χ0n) is 13.6. The van der Waals surface area contributed by atoms with Crippen molar-refractivity contribution >= 4 is 11.9 Å². The monoisotopic (exact) mass is 311 g/mol. The third kappa shape index (κ3) is 3.59. The van der Waals surface area contributed by atoms with Gasteiger partial charge in [-0.25, -0.2) is 0 Å². The predicted octanol–water partition coefficient (Wildman–Crippen LogP) is 3.08. The van der Waals surface area contributed by atoms with Gasteiger partial charge in [-0.3, -0.25) is 9.59 Å². The van der Waals surface area contributed by atoms with Crippen molar-refractivity contribution in [2.24, 2.45) is 0 Å². The highest BCUT2D eigenvalue weighted by Crippen LogP contribution is 2.23. The van der Waals surface area contributed by atoms with Gasteiger partial charge in [-0.2, -0.15) is 0 Å². The molecule has 4 nitrogen and oxygen atoms in total. The molecule has 0 aliphatic heterocycles. The van der Waals surface area contributed by atoms with Crippen LogP contribution in [0.5, 0.6) is 0 Å². The molecule has 0 fully saturated rings. The maximum Gasteiger partial charge on any atom is 0.315 e. The summed E-state index contributed by atoms with van der Waals surface area (Å²) in [6, 6.07) is 14.6. The van der Waals surface area contributed by atoms with E-state index < -0.39 is 11.4 Å². The van der Waals surface area contributed by atoms with Crippen molar-refractivity contribution in [3.63, 3.8) is 0 Å². The third-order valence-corrected chi connectivity index (χ3v) is 4.12. The van der Waals surface area contributed by atoms with Gasteiger partial charge in [-0.1, -0.05) is 48.0 Å². The van der Waals surface area contributed by atoms with Crippen LogP contribution in [0, 0.1) is 13.8 Å². The summed E-state index contributed by atoms with van der Waals surface area (Å²) in [7, 11) is 0. The van der Waals surface area contributed by atoms with Gasteiger partial charge in [0.05, 0.1) is 0 Å². The number of carboxylic acid groups (broad SMARTS) is 1. The van der Waals surface area contributed by atoms with Gasteiger partial charge in [-0.15, -0.1) is 0 Å². The first-order valence-electron chi connectivity index (χ1n) is 7.49. The quantitative estimate of drug-likeness (QED) is 0.892. The molecule has 1 atom stereocenters. The van der Waals surface area contributed by atoms with Crippen LogP contribution in [0.2, 0.25) is 0 Å². The molecule has 0 spiro atoms. The number of carbonyl (C=O) groups excluding carboxylic acids is 1. The topological polar surface area (TPSA) is 66.4 Å². The molecule has 0 radical (unpaired) electrons. The smallest absolute Gasteiger partial charge is 0.315 e. The minimum Gasteiger partial charge on any atom is -0.481 e.